The molecule has 0 aromatic rings. The van der Waals surface area contributed by atoms with E-state index in [2.05, 4.69) is 32.7 Å². The Balaban J connectivity index is 1.82. The largest absolute Gasteiger partial charge is 0.342 e. The fourth-order valence-corrected chi connectivity index (χ4v) is 4.49. The highest BCUT2D eigenvalue weighted by molar-refractivity contribution is 5.86. The molecule has 0 aromatic carbocycles. The number of nitrogens with zero attached hydrogens (tertiary/aromatic N) is 2. The van der Waals surface area contributed by atoms with E-state index in [1.165, 1.54) is 0 Å². The van der Waals surface area contributed by atoms with Crippen molar-refractivity contribution in [1.82, 2.24) is 9.80 Å². The summed E-state index contributed by atoms with van der Waals surface area (Å²) in [6, 6.07) is 0.592. The van der Waals surface area contributed by atoms with E-state index in [1.54, 1.807) is 0 Å². The molecule has 4 nitrogen and oxygen atoms in total. The van der Waals surface area contributed by atoms with Gasteiger partial charge in [0.15, 0.2) is 0 Å². The molecule has 0 radical (unpaired) electrons. The van der Waals surface area contributed by atoms with Crippen molar-refractivity contribution in [1.29, 1.82) is 0 Å². The second kappa shape index (κ2) is 8.00. The molecule has 2 fully saturated rings. The number of amides is 1. The van der Waals surface area contributed by atoms with Crippen LogP contribution in [0.1, 0.15) is 80.1 Å². The first kappa shape index (κ1) is 21.4. The highest BCUT2D eigenvalue weighted by atomic mass is 16.2. The van der Waals surface area contributed by atoms with Gasteiger partial charge in [0.05, 0.1) is 0 Å². The molecule has 1 heterocycles. The number of likely N-dealkylation sites (tertiary alicyclic amines) is 1. The summed E-state index contributed by atoms with van der Waals surface area (Å²) in [7, 11) is 2.21. The third-order valence-electron chi connectivity index (χ3n) is 6.57. The lowest BCUT2D eigenvalue weighted by Crippen LogP contribution is -2.49. The van der Waals surface area contributed by atoms with Gasteiger partial charge >= 0.3 is 0 Å². The summed E-state index contributed by atoms with van der Waals surface area (Å²) >= 11 is 0. The minimum Gasteiger partial charge on any atom is -0.342 e. The molecular formula is C22H40N2O2. The smallest absolute Gasteiger partial charge is 0.225 e. The monoisotopic (exact) mass is 364 g/mol. The highest BCUT2D eigenvalue weighted by Crippen LogP contribution is 2.33. The third kappa shape index (κ3) is 5.09. The molecular weight excluding hydrogens is 324 g/mol. The van der Waals surface area contributed by atoms with Crippen LogP contribution in [-0.2, 0) is 9.59 Å². The fourth-order valence-electron chi connectivity index (χ4n) is 4.49. The van der Waals surface area contributed by atoms with Crippen molar-refractivity contribution in [3.05, 3.63) is 0 Å². The zero-order valence-electron chi connectivity index (χ0n) is 18.1. The Kier molecular flexibility index (Phi) is 6.58. The molecule has 1 aliphatic heterocycles. The molecule has 1 saturated carbocycles. The SMILES string of the molecule is CN([C@H]1CC[C@H](C(=O)N2CCC(C(=O)C(C)(C)C)CC2)CC1)C(C)(C)C. The van der Waals surface area contributed by atoms with Gasteiger partial charge in [0.2, 0.25) is 5.91 Å². The Hall–Kier alpha value is -0.900. The van der Waals surface area contributed by atoms with Crippen LogP contribution in [0, 0.1) is 17.3 Å². The first-order chi connectivity index (χ1) is 11.9. The first-order valence-corrected chi connectivity index (χ1v) is 10.5. The van der Waals surface area contributed by atoms with Crippen molar-refractivity contribution in [2.45, 2.75) is 91.6 Å². The summed E-state index contributed by atoms with van der Waals surface area (Å²) in [6.07, 6.45) is 5.91. The molecule has 1 aliphatic carbocycles. The normalized spacial score (nSPS) is 26.2. The van der Waals surface area contributed by atoms with Gasteiger partial charge in [-0.05, 0) is 66.3 Å². The van der Waals surface area contributed by atoms with Crippen molar-refractivity contribution in [2.24, 2.45) is 17.3 Å². The van der Waals surface area contributed by atoms with E-state index in [1.807, 2.05) is 25.7 Å². The van der Waals surface area contributed by atoms with Crippen molar-refractivity contribution in [2.75, 3.05) is 20.1 Å². The molecule has 0 unspecified atom stereocenters. The van der Waals surface area contributed by atoms with Crippen molar-refractivity contribution in [3.63, 3.8) is 0 Å². The summed E-state index contributed by atoms with van der Waals surface area (Å²) in [5.74, 6) is 1.02. The van der Waals surface area contributed by atoms with Crippen LogP contribution >= 0.6 is 0 Å². The zero-order chi connectivity index (χ0) is 19.7. The van der Waals surface area contributed by atoms with E-state index in [4.69, 9.17) is 0 Å². The number of carbonyl (C=O) groups is 2. The van der Waals surface area contributed by atoms with Crippen molar-refractivity contribution < 1.29 is 9.59 Å². The molecule has 4 heteroatoms. The van der Waals surface area contributed by atoms with Gasteiger partial charge in [-0.2, -0.15) is 0 Å². The molecule has 1 saturated heterocycles. The summed E-state index contributed by atoms with van der Waals surface area (Å²) in [6.45, 7) is 14.3. The van der Waals surface area contributed by atoms with Crippen LogP contribution in [0.2, 0.25) is 0 Å². The van der Waals surface area contributed by atoms with Crippen LogP contribution in [0.5, 0.6) is 0 Å². The predicted octanol–water partition coefficient (Wildman–Crippen LogP) is 4.13. The first-order valence-electron chi connectivity index (χ1n) is 10.5. The lowest BCUT2D eigenvalue weighted by Gasteiger charge is -2.43. The Labute approximate surface area is 160 Å². The van der Waals surface area contributed by atoms with Gasteiger partial charge in [-0.3, -0.25) is 14.5 Å². The maximum Gasteiger partial charge on any atom is 0.225 e. The second-order valence-electron chi connectivity index (χ2n) is 10.5. The van der Waals surface area contributed by atoms with Gasteiger partial charge < -0.3 is 4.90 Å². The molecule has 2 rings (SSSR count). The van der Waals surface area contributed by atoms with Gasteiger partial charge in [0.25, 0.3) is 0 Å². The van der Waals surface area contributed by atoms with Crippen LogP contribution in [0.25, 0.3) is 0 Å². The van der Waals surface area contributed by atoms with E-state index in [-0.39, 0.29) is 22.8 Å². The van der Waals surface area contributed by atoms with E-state index in [0.717, 1.165) is 51.6 Å². The van der Waals surface area contributed by atoms with Gasteiger partial charge in [-0.25, -0.2) is 0 Å². The third-order valence-corrected chi connectivity index (χ3v) is 6.57. The number of rotatable bonds is 3. The molecule has 0 atom stereocenters. The number of hydrogen-bond acceptors (Lipinski definition) is 3. The number of ketones is 1. The van der Waals surface area contributed by atoms with Gasteiger partial charge in [-0.15, -0.1) is 0 Å². The van der Waals surface area contributed by atoms with Crippen molar-refractivity contribution in [3.8, 4) is 0 Å². The summed E-state index contributed by atoms with van der Waals surface area (Å²) in [5, 5.41) is 0. The lowest BCUT2D eigenvalue weighted by molar-refractivity contribution is -0.141. The van der Waals surface area contributed by atoms with Crippen LogP contribution in [0.15, 0.2) is 0 Å². The maximum absolute atomic E-state index is 12.9. The number of hydrogen-bond donors (Lipinski definition) is 0. The Morgan fingerprint density at radius 3 is 1.73 bits per heavy atom. The highest BCUT2D eigenvalue weighted by Gasteiger charge is 2.37. The Morgan fingerprint density at radius 1 is 0.808 bits per heavy atom. The average Bonchev–Trinajstić information content (AvgIpc) is 2.58. The molecule has 1 amide bonds. The quantitative estimate of drug-likeness (QED) is 0.756. The van der Waals surface area contributed by atoms with Gasteiger partial charge in [-0.1, -0.05) is 20.8 Å². The minimum absolute atomic E-state index is 0.134. The van der Waals surface area contributed by atoms with Gasteiger partial charge in [0, 0.05) is 41.9 Å². The zero-order valence-corrected chi connectivity index (χ0v) is 18.1. The standard InChI is InChI=1S/C22H40N2O2/c1-21(2,3)19(25)16-12-14-24(15-13-16)20(26)17-8-10-18(11-9-17)23(7)22(4,5)6/h16-18H,8-15H2,1-7H3/t17-,18-. The predicted molar refractivity (Wildman–Crippen MR) is 107 cm³/mol. The van der Waals surface area contributed by atoms with E-state index in [0.29, 0.717) is 17.7 Å². The molecule has 2 aliphatic rings. The van der Waals surface area contributed by atoms with Crippen molar-refractivity contribution >= 4 is 11.7 Å². The van der Waals surface area contributed by atoms with E-state index in [9.17, 15) is 9.59 Å². The number of piperidine rings is 1. The minimum atomic E-state index is -0.270. The van der Waals surface area contributed by atoms with Crippen LogP contribution < -0.4 is 0 Å². The van der Waals surface area contributed by atoms with Crippen LogP contribution in [-0.4, -0.2) is 53.2 Å². The molecule has 26 heavy (non-hydrogen) atoms. The summed E-state index contributed by atoms with van der Waals surface area (Å²) in [4.78, 5) is 29.9. The molecule has 0 N–H and O–H groups in total. The molecule has 0 aromatic heterocycles. The number of Topliss-reactive ketones (excluding diaryl/α,β-unsaturated/α-hetero) is 1. The lowest BCUT2D eigenvalue weighted by atomic mass is 9.78. The topological polar surface area (TPSA) is 40.6 Å². The molecule has 150 valence electrons. The van der Waals surface area contributed by atoms with Crippen LogP contribution in [0.4, 0.5) is 0 Å². The maximum atomic E-state index is 12.9. The molecule has 0 bridgehead atoms. The summed E-state index contributed by atoms with van der Waals surface area (Å²) < 4.78 is 0. The Bertz CT molecular complexity index is 499. The van der Waals surface area contributed by atoms with Crippen LogP contribution in [0.3, 0.4) is 0 Å². The average molecular weight is 365 g/mol. The van der Waals surface area contributed by atoms with E-state index < -0.39 is 0 Å². The Morgan fingerprint density at radius 2 is 1.31 bits per heavy atom. The molecule has 0 spiro atoms. The second-order valence-corrected chi connectivity index (χ2v) is 10.5. The van der Waals surface area contributed by atoms with Gasteiger partial charge in [0.1, 0.15) is 5.78 Å². The van der Waals surface area contributed by atoms with E-state index >= 15 is 0 Å². The fraction of sp³-hybridized carbons (Fsp3) is 0.909. The number of carbonyl (C=O) groups excluding carboxylic acids is 2. The summed E-state index contributed by atoms with van der Waals surface area (Å²) in [5.41, 5.74) is -0.0860.